The molecule has 1 atom stereocenters. The number of fused-ring (bicyclic) bond motifs is 4. The van der Waals surface area contributed by atoms with Crippen molar-refractivity contribution in [2.75, 3.05) is 9.80 Å². The van der Waals surface area contributed by atoms with Gasteiger partial charge in [0.2, 0.25) is 9.84 Å². The lowest BCUT2D eigenvalue weighted by Crippen LogP contribution is -2.38. The summed E-state index contributed by atoms with van der Waals surface area (Å²) in [5, 5.41) is 0. The molecule has 1 unspecified atom stereocenters. The highest BCUT2D eigenvalue weighted by Gasteiger charge is 2.39. The van der Waals surface area contributed by atoms with Crippen LogP contribution >= 0.6 is 0 Å². The number of sulfone groups is 1. The summed E-state index contributed by atoms with van der Waals surface area (Å²) in [6.07, 6.45) is 7.57. The second-order valence-corrected chi connectivity index (χ2v) is 18.9. The summed E-state index contributed by atoms with van der Waals surface area (Å²) < 4.78 is 27.7. The third-order valence-electron chi connectivity index (χ3n) is 12.8. The molecule has 0 saturated heterocycles. The maximum Gasteiger partial charge on any atom is 0.206 e. The first-order valence-corrected chi connectivity index (χ1v) is 21.9. The van der Waals surface area contributed by atoms with Gasteiger partial charge in [-0.1, -0.05) is 155 Å². The molecule has 0 N–H and O–H groups in total. The minimum atomic E-state index is -3.71. The largest absolute Gasteiger partial charge is 0.334 e. The molecule has 3 aliphatic rings. The van der Waals surface area contributed by atoms with E-state index in [1.807, 2.05) is 24.3 Å². The number of hydrogen-bond acceptors (Lipinski definition) is 4. The summed E-state index contributed by atoms with van der Waals surface area (Å²) in [4.78, 5) is 5.38. The minimum Gasteiger partial charge on any atom is -0.334 e. The second-order valence-electron chi connectivity index (χ2n) is 16.9. The van der Waals surface area contributed by atoms with Gasteiger partial charge < -0.3 is 9.80 Å². The molecule has 290 valence electrons. The zero-order chi connectivity index (χ0) is 40.5. The van der Waals surface area contributed by atoms with Crippen molar-refractivity contribution in [1.82, 2.24) is 0 Å². The topological polar surface area (TPSA) is 40.6 Å². The lowest BCUT2D eigenvalue weighted by Gasteiger charge is -2.45. The molecule has 2 heterocycles. The van der Waals surface area contributed by atoms with Crippen molar-refractivity contribution in [2.24, 2.45) is 0 Å². The van der Waals surface area contributed by atoms with Crippen LogP contribution in [0, 0.1) is 0 Å². The van der Waals surface area contributed by atoms with Gasteiger partial charge in [0.05, 0.1) is 27.2 Å². The molecule has 0 spiro atoms. The number of nitrogens with zero attached hydrogens (tertiary/aromatic N) is 2. The SMILES string of the molecule is CC1(C)c2ccccc2N(c2ccc(-c3ccc(S(=O)(=O)c4ccc(C5=CCC(N6c7ccccc7C(C)(C)c7ccccc76)C=C5)cc4)cc3)cc2)c2ccccc21. The molecule has 5 heteroatoms. The lowest BCUT2D eigenvalue weighted by molar-refractivity contribution is 0.596. The molecule has 0 amide bonds. The van der Waals surface area contributed by atoms with Crippen molar-refractivity contribution in [1.29, 1.82) is 0 Å². The summed E-state index contributed by atoms with van der Waals surface area (Å²) in [6.45, 7) is 9.20. The molecule has 1 aliphatic carbocycles. The smallest absolute Gasteiger partial charge is 0.206 e. The third kappa shape index (κ3) is 5.98. The fourth-order valence-corrected chi connectivity index (χ4v) is 10.9. The highest BCUT2D eigenvalue weighted by molar-refractivity contribution is 7.91. The molecule has 0 saturated carbocycles. The Labute approximate surface area is 348 Å². The molecular weight excluding hydrogens is 741 g/mol. The van der Waals surface area contributed by atoms with E-state index in [9.17, 15) is 8.42 Å². The summed E-state index contributed by atoms with van der Waals surface area (Å²) in [7, 11) is -3.71. The lowest BCUT2D eigenvalue weighted by atomic mass is 9.73. The number of allylic oxidation sites excluding steroid dienone is 2. The van der Waals surface area contributed by atoms with Crippen molar-refractivity contribution < 1.29 is 8.42 Å². The van der Waals surface area contributed by atoms with E-state index >= 15 is 0 Å². The predicted molar refractivity (Wildman–Crippen MR) is 243 cm³/mol. The van der Waals surface area contributed by atoms with Crippen LogP contribution in [0.4, 0.5) is 28.4 Å². The van der Waals surface area contributed by atoms with Gasteiger partial charge in [-0.2, -0.15) is 0 Å². The molecule has 4 nitrogen and oxygen atoms in total. The zero-order valence-electron chi connectivity index (χ0n) is 33.8. The van der Waals surface area contributed by atoms with E-state index in [2.05, 4.69) is 177 Å². The van der Waals surface area contributed by atoms with Crippen molar-refractivity contribution in [3.8, 4) is 11.1 Å². The van der Waals surface area contributed by atoms with Gasteiger partial charge in [-0.25, -0.2) is 8.42 Å². The molecule has 2 aliphatic heterocycles. The van der Waals surface area contributed by atoms with Crippen LogP contribution in [0.15, 0.2) is 198 Å². The standard InChI is InChI=1S/C54H46N2O2S/c1-53(2)45-13-5-9-17-49(45)55(50-18-10-6-14-46(50)53)41-29-21-37(22-30-41)39-25-33-43(34-26-39)59(57,58)44-35-27-40(28-36-44)38-23-31-42(32-24-38)56-51-19-11-7-15-47(51)54(3,4)48-16-8-12-20-52(48)56/h5-31,33-36,42H,32H2,1-4H3. The fourth-order valence-electron chi connectivity index (χ4n) is 9.61. The first kappa shape index (κ1) is 36.9. The number of anilines is 5. The first-order chi connectivity index (χ1) is 28.5. The van der Waals surface area contributed by atoms with Crippen molar-refractivity contribution >= 4 is 43.8 Å². The van der Waals surface area contributed by atoms with Gasteiger partial charge in [0, 0.05) is 27.9 Å². The van der Waals surface area contributed by atoms with Crippen LogP contribution in [0.25, 0.3) is 16.7 Å². The van der Waals surface area contributed by atoms with Crippen molar-refractivity contribution in [3.05, 3.63) is 216 Å². The fraction of sp³-hybridized carbons (Fsp3) is 0.148. The van der Waals surface area contributed by atoms with Crippen LogP contribution in [-0.2, 0) is 20.7 Å². The molecule has 0 radical (unpaired) electrons. The van der Waals surface area contributed by atoms with Gasteiger partial charge in [-0.05, 0) is 112 Å². The van der Waals surface area contributed by atoms with E-state index in [0.717, 1.165) is 34.4 Å². The summed E-state index contributed by atoms with van der Waals surface area (Å²) in [6, 6.07) is 58.0. The third-order valence-corrected chi connectivity index (χ3v) is 14.6. The van der Waals surface area contributed by atoms with Crippen LogP contribution in [0.2, 0.25) is 0 Å². The van der Waals surface area contributed by atoms with Crippen LogP contribution in [0.1, 0.15) is 61.9 Å². The summed E-state index contributed by atoms with van der Waals surface area (Å²) in [5.74, 6) is 0. The molecule has 7 aromatic rings. The summed E-state index contributed by atoms with van der Waals surface area (Å²) in [5.41, 5.74) is 15.1. The zero-order valence-corrected chi connectivity index (χ0v) is 34.6. The number of para-hydroxylation sites is 4. The number of hydrogen-bond donors (Lipinski definition) is 0. The second kappa shape index (κ2) is 13.9. The Kier molecular flexibility index (Phi) is 8.66. The monoisotopic (exact) mass is 786 g/mol. The Balaban J connectivity index is 0.854. The van der Waals surface area contributed by atoms with Crippen molar-refractivity contribution in [3.63, 3.8) is 0 Å². The molecule has 0 aromatic heterocycles. The van der Waals surface area contributed by atoms with Crippen molar-refractivity contribution in [2.45, 2.75) is 60.8 Å². The number of rotatable bonds is 6. The predicted octanol–water partition coefficient (Wildman–Crippen LogP) is 13.5. The van der Waals surface area contributed by atoms with Gasteiger partial charge in [-0.3, -0.25) is 0 Å². The normalized spacial score (nSPS) is 17.3. The maximum atomic E-state index is 13.9. The van der Waals surface area contributed by atoms with Crippen LogP contribution in [0.3, 0.4) is 0 Å². The number of benzene rings is 7. The highest BCUT2D eigenvalue weighted by Crippen LogP contribution is 2.52. The van der Waals surface area contributed by atoms with Crippen LogP contribution < -0.4 is 9.80 Å². The molecule has 7 aromatic carbocycles. The molecular formula is C54H46N2O2S. The molecule has 10 rings (SSSR count). The molecule has 0 fully saturated rings. The Morgan fingerprint density at radius 2 is 0.864 bits per heavy atom. The van der Waals surface area contributed by atoms with Gasteiger partial charge in [0.15, 0.2) is 0 Å². The van der Waals surface area contributed by atoms with E-state index in [1.54, 1.807) is 24.3 Å². The van der Waals surface area contributed by atoms with Gasteiger partial charge in [-0.15, -0.1) is 0 Å². The van der Waals surface area contributed by atoms with Crippen LogP contribution in [0.5, 0.6) is 0 Å². The average Bonchev–Trinajstić information content (AvgIpc) is 3.27. The molecule has 0 bridgehead atoms. The average molecular weight is 787 g/mol. The quantitative estimate of drug-likeness (QED) is 0.168. The summed E-state index contributed by atoms with van der Waals surface area (Å²) >= 11 is 0. The first-order valence-electron chi connectivity index (χ1n) is 20.5. The van der Waals surface area contributed by atoms with E-state index < -0.39 is 9.84 Å². The van der Waals surface area contributed by atoms with Gasteiger partial charge >= 0.3 is 0 Å². The maximum absolute atomic E-state index is 13.9. The Morgan fingerprint density at radius 3 is 1.31 bits per heavy atom. The Morgan fingerprint density at radius 1 is 0.475 bits per heavy atom. The van der Waals surface area contributed by atoms with E-state index in [4.69, 9.17) is 0 Å². The Hall–Kier alpha value is -6.43. The van der Waals surface area contributed by atoms with E-state index in [-0.39, 0.29) is 26.7 Å². The van der Waals surface area contributed by atoms with Gasteiger partial charge in [0.1, 0.15) is 0 Å². The van der Waals surface area contributed by atoms with Gasteiger partial charge in [0.25, 0.3) is 0 Å². The minimum absolute atomic E-state index is 0.0900. The molecule has 59 heavy (non-hydrogen) atoms. The Bertz CT molecular complexity index is 2820. The van der Waals surface area contributed by atoms with E-state index in [0.29, 0.717) is 0 Å². The highest BCUT2D eigenvalue weighted by atomic mass is 32.2. The van der Waals surface area contributed by atoms with E-state index in [1.165, 1.54) is 45.0 Å². The van der Waals surface area contributed by atoms with Crippen LogP contribution in [-0.4, -0.2) is 14.5 Å².